The van der Waals surface area contributed by atoms with Crippen LogP contribution in [0.25, 0.3) is 0 Å². The van der Waals surface area contributed by atoms with E-state index in [9.17, 15) is 8.42 Å². The first-order valence-corrected chi connectivity index (χ1v) is 7.73. The van der Waals surface area contributed by atoms with Crippen molar-refractivity contribution in [3.63, 3.8) is 0 Å². The molecular weight excluding hydrogens is 280 g/mol. The molecule has 1 aromatic rings. The van der Waals surface area contributed by atoms with Gasteiger partial charge in [-0.15, -0.1) is 0 Å². The first-order valence-electron chi connectivity index (χ1n) is 6.29. The maximum absolute atomic E-state index is 12.6. The second-order valence-corrected chi connectivity index (χ2v) is 6.50. The van der Waals surface area contributed by atoms with Gasteiger partial charge in [-0.05, 0) is 26.0 Å². The lowest BCUT2D eigenvalue weighted by molar-refractivity contribution is 0.171. The minimum Gasteiger partial charge on any atom is -0.495 e. The second-order valence-electron chi connectivity index (χ2n) is 4.61. The van der Waals surface area contributed by atoms with Gasteiger partial charge in [-0.25, -0.2) is 8.42 Å². The first-order chi connectivity index (χ1) is 9.34. The summed E-state index contributed by atoms with van der Waals surface area (Å²) in [7, 11) is -0.613. The Morgan fingerprint density at radius 2 is 1.95 bits per heavy atom. The van der Waals surface area contributed by atoms with Gasteiger partial charge in [0, 0.05) is 25.8 Å². The molecule has 114 valence electrons. The summed E-state index contributed by atoms with van der Waals surface area (Å²) in [5, 5.41) is 0. The Kier molecular flexibility index (Phi) is 5.79. The number of hydrogen-bond acceptors (Lipinski definition) is 5. The number of hydrogen-bond donors (Lipinski definition) is 1. The molecule has 0 aliphatic heterocycles. The summed E-state index contributed by atoms with van der Waals surface area (Å²) in [5.41, 5.74) is 6.11. The third-order valence-corrected chi connectivity index (χ3v) is 4.97. The molecule has 0 heterocycles. The molecule has 0 aliphatic carbocycles. The van der Waals surface area contributed by atoms with Gasteiger partial charge in [0.25, 0.3) is 0 Å². The monoisotopic (exact) mass is 302 g/mol. The topological polar surface area (TPSA) is 81.9 Å². The summed E-state index contributed by atoms with van der Waals surface area (Å²) in [4.78, 5) is 0.161. The van der Waals surface area contributed by atoms with Crippen molar-refractivity contribution >= 4 is 15.7 Å². The fourth-order valence-electron chi connectivity index (χ4n) is 1.82. The summed E-state index contributed by atoms with van der Waals surface area (Å²) >= 11 is 0. The third kappa shape index (κ3) is 3.62. The molecular formula is C13H22N2O4S. The largest absolute Gasteiger partial charge is 0.495 e. The first kappa shape index (κ1) is 16.7. The Morgan fingerprint density at radius 3 is 2.45 bits per heavy atom. The van der Waals surface area contributed by atoms with Gasteiger partial charge in [-0.2, -0.15) is 4.31 Å². The smallest absolute Gasteiger partial charge is 0.243 e. The average molecular weight is 302 g/mol. The number of nitrogens with zero attached hydrogens (tertiary/aromatic N) is 1. The lowest BCUT2D eigenvalue weighted by Gasteiger charge is -2.25. The van der Waals surface area contributed by atoms with E-state index in [1.54, 1.807) is 0 Å². The van der Waals surface area contributed by atoms with Crippen molar-refractivity contribution in [3.8, 4) is 5.75 Å². The van der Waals surface area contributed by atoms with Gasteiger partial charge < -0.3 is 15.2 Å². The summed E-state index contributed by atoms with van der Waals surface area (Å²) in [6, 6.07) is 4.28. The number of nitrogen functional groups attached to an aromatic ring is 1. The normalized spacial score (nSPS) is 12.1. The van der Waals surface area contributed by atoms with Crippen molar-refractivity contribution in [2.75, 3.05) is 33.1 Å². The fraction of sp³-hybridized carbons (Fsp3) is 0.538. The molecule has 2 N–H and O–H groups in total. The molecule has 0 bridgehead atoms. The highest BCUT2D eigenvalue weighted by molar-refractivity contribution is 7.89. The number of sulfonamides is 1. The van der Waals surface area contributed by atoms with Crippen LogP contribution in [0.4, 0.5) is 5.69 Å². The van der Waals surface area contributed by atoms with Crippen LogP contribution >= 0.6 is 0 Å². The maximum atomic E-state index is 12.6. The molecule has 0 saturated heterocycles. The van der Waals surface area contributed by atoms with Crippen LogP contribution in [-0.2, 0) is 14.8 Å². The zero-order valence-corrected chi connectivity index (χ0v) is 13.1. The lowest BCUT2D eigenvalue weighted by atomic mass is 10.3. The summed E-state index contributed by atoms with van der Waals surface area (Å²) < 4.78 is 36.7. The highest BCUT2D eigenvalue weighted by Gasteiger charge is 2.27. The highest BCUT2D eigenvalue weighted by Crippen LogP contribution is 2.27. The van der Waals surface area contributed by atoms with Crippen LogP contribution in [0.3, 0.4) is 0 Å². The van der Waals surface area contributed by atoms with E-state index in [2.05, 4.69) is 0 Å². The Hall–Kier alpha value is -1.31. The molecule has 0 saturated carbocycles. The molecule has 0 aromatic heterocycles. The van der Waals surface area contributed by atoms with Gasteiger partial charge >= 0.3 is 0 Å². The summed E-state index contributed by atoms with van der Waals surface area (Å²) in [5.74, 6) is 0.349. The molecule has 6 nitrogen and oxygen atoms in total. The van der Waals surface area contributed by atoms with E-state index in [0.29, 0.717) is 24.6 Å². The number of benzene rings is 1. The molecule has 7 heteroatoms. The number of anilines is 1. The minimum absolute atomic E-state index is 0.161. The molecule has 20 heavy (non-hydrogen) atoms. The average Bonchev–Trinajstić information content (AvgIpc) is 2.38. The van der Waals surface area contributed by atoms with E-state index in [0.717, 1.165) is 0 Å². The predicted molar refractivity (Wildman–Crippen MR) is 78.3 cm³/mol. The fourth-order valence-corrected chi connectivity index (χ4v) is 3.46. The van der Waals surface area contributed by atoms with E-state index in [1.165, 1.54) is 36.7 Å². The lowest BCUT2D eigenvalue weighted by Crippen LogP contribution is -2.39. The van der Waals surface area contributed by atoms with Crippen molar-refractivity contribution in [3.05, 3.63) is 18.2 Å². The van der Waals surface area contributed by atoms with E-state index >= 15 is 0 Å². The molecule has 0 amide bonds. The zero-order chi connectivity index (χ0) is 15.3. The molecule has 0 unspecified atom stereocenters. The number of nitrogens with two attached hydrogens (primary N) is 1. The Bertz CT molecular complexity index is 543. The molecule has 0 atom stereocenters. The van der Waals surface area contributed by atoms with Gasteiger partial charge in [0.15, 0.2) is 0 Å². The maximum Gasteiger partial charge on any atom is 0.243 e. The molecule has 1 aromatic carbocycles. The third-order valence-electron chi connectivity index (χ3n) is 2.90. The molecule has 1 rings (SSSR count). The standard InChI is InChI=1S/C13H22N2O4S/c1-10(2)15(7-8-18-3)20(16,17)11-5-6-12(14)13(9-11)19-4/h5-6,9-10H,7-8,14H2,1-4H3. The molecule has 0 spiro atoms. The number of rotatable bonds is 7. The number of ether oxygens (including phenoxy) is 2. The van der Waals surface area contributed by atoms with Crippen LogP contribution in [0.1, 0.15) is 13.8 Å². The van der Waals surface area contributed by atoms with Crippen LogP contribution in [0.5, 0.6) is 5.75 Å². The molecule has 0 aliphatic rings. The Morgan fingerprint density at radius 1 is 1.30 bits per heavy atom. The van der Waals surface area contributed by atoms with E-state index in [1.807, 2.05) is 13.8 Å². The van der Waals surface area contributed by atoms with Crippen LogP contribution in [0.15, 0.2) is 23.1 Å². The predicted octanol–water partition coefficient (Wildman–Crippen LogP) is 1.32. The number of methoxy groups -OCH3 is 2. The van der Waals surface area contributed by atoms with Gasteiger partial charge in [0.05, 0.1) is 24.3 Å². The Labute approximate surface area is 120 Å². The minimum atomic E-state index is -3.60. The van der Waals surface area contributed by atoms with Crippen molar-refractivity contribution in [1.82, 2.24) is 4.31 Å². The van der Waals surface area contributed by atoms with E-state index in [4.69, 9.17) is 15.2 Å². The SMILES string of the molecule is COCCN(C(C)C)S(=O)(=O)c1ccc(N)c(OC)c1. The van der Waals surface area contributed by atoms with Crippen molar-refractivity contribution in [2.45, 2.75) is 24.8 Å². The van der Waals surface area contributed by atoms with Crippen LogP contribution < -0.4 is 10.5 Å². The van der Waals surface area contributed by atoms with E-state index < -0.39 is 10.0 Å². The summed E-state index contributed by atoms with van der Waals surface area (Å²) in [6.07, 6.45) is 0. The van der Waals surface area contributed by atoms with E-state index in [-0.39, 0.29) is 10.9 Å². The highest BCUT2D eigenvalue weighted by atomic mass is 32.2. The second kappa shape index (κ2) is 6.92. The van der Waals surface area contributed by atoms with Crippen LogP contribution in [-0.4, -0.2) is 46.1 Å². The van der Waals surface area contributed by atoms with Crippen molar-refractivity contribution in [2.24, 2.45) is 0 Å². The van der Waals surface area contributed by atoms with Crippen LogP contribution in [0.2, 0.25) is 0 Å². The van der Waals surface area contributed by atoms with Crippen LogP contribution in [0, 0.1) is 0 Å². The van der Waals surface area contributed by atoms with Crippen molar-refractivity contribution < 1.29 is 17.9 Å². The molecule has 0 fully saturated rings. The van der Waals surface area contributed by atoms with Crippen molar-refractivity contribution in [1.29, 1.82) is 0 Å². The summed E-state index contributed by atoms with van der Waals surface area (Å²) in [6.45, 7) is 4.27. The van der Waals surface area contributed by atoms with Gasteiger partial charge in [0.1, 0.15) is 5.75 Å². The van der Waals surface area contributed by atoms with Gasteiger partial charge in [-0.3, -0.25) is 0 Å². The quantitative estimate of drug-likeness (QED) is 0.768. The molecule has 0 radical (unpaired) electrons. The van der Waals surface area contributed by atoms with Gasteiger partial charge in [-0.1, -0.05) is 0 Å². The van der Waals surface area contributed by atoms with Gasteiger partial charge in [0.2, 0.25) is 10.0 Å². The Balaban J connectivity index is 3.19. The zero-order valence-electron chi connectivity index (χ0n) is 12.3.